The van der Waals surface area contributed by atoms with Crippen molar-refractivity contribution in [2.24, 2.45) is 0 Å². The maximum absolute atomic E-state index is 9.68. The first kappa shape index (κ1) is 9.85. The Morgan fingerprint density at radius 1 is 1.71 bits per heavy atom. The van der Waals surface area contributed by atoms with Gasteiger partial charge < -0.3 is 0 Å². The van der Waals surface area contributed by atoms with E-state index in [1.54, 1.807) is 0 Å². The number of rotatable bonds is 1. The van der Waals surface area contributed by atoms with Gasteiger partial charge in [-0.25, -0.2) is 0 Å². The van der Waals surface area contributed by atoms with Crippen LogP contribution < -0.4 is 0 Å². The SMILES string of the molecule is C=C.CC(=O)CCl. The third-order valence-corrected chi connectivity index (χ3v) is 0.565. The van der Waals surface area contributed by atoms with E-state index in [9.17, 15) is 4.79 Å². The molecule has 0 unspecified atom stereocenters. The van der Waals surface area contributed by atoms with E-state index in [1.807, 2.05) is 0 Å². The highest BCUT2D eigenvalue weighted by Gasteiger charge is 1.79. The van der Waals surface area contributed by atoms with Crippen LogP contribution in [0.5, 0.6) is 0 Å². The Morgan fingerprint density at radius 3 is 1.86 bits per heavy atom. The molecule has 0 aromatic heterocycles. The monoisotopic (exact) mass is 120 g/mol. The van der Waals surface area contributed by atoms with E-state index in [-0.39, 0.29) is 11.7 Å². The average molecular weight is 121 g/mol. The topological polar surface area (TPSA) is 17.1 Å². The first-order valence-corrected chi connectivity index (χ1v) is 2.36. The zero-order chi connectivity index (χ0) is 6.28. The van der Waals surface area contributed by atoms with Gasteiger partial charge in [0.2, 0.25) is 0 Å². The lowest BCUT2D eigenvalue weighted by Crippen LogP contribution is -1.86. The fourth-order valence-electron chi connectivity index (χ4n) is 0. The number of hydrogen-bond donors (Lipinski definition) is 0. The smallest absolute Gasteiger partial charge is 0.144 e. The van der Waals surface area contributed by atoms with Gasteiger partial charge in [0.25, 0.3) is 0 Å². The molecule has 1 nitrogen and oxygen atoms in total. The van der Waals surface area contributed by atoms with Crippen LogP contribution in [0.25, 0.3) is 0 Å². The number of carbonyl (C=O) groups is 1. The molecule has 0 N–H and O–H groups in total. The molecule has 0 bridgehead atoms. The maximum Gasteiger partial charge on any atom is 0.144 e. The molecule has 0 aliphatic heterocycles. The van der Waals surface area contributed by atoms with E-state index in [0.29, 0.717) is 0 Å². The summed E-state index contributed by atoms with van der Waals surface area (Å²) in [5.41, 5.74) is 0. The molecule has 0 rings (SSSR count). The van der Waals surface area contributed by atoms with Crippen molar-refractivity contribution in [3.63, 3.8) is 0 Å². The molecule has 0 saturated carbocycles. The Morgan fingerprint density at radius 2 is 1.86 bits per heavy atom. The van der Waals surface area contributed by atoms with Crippen molar-refractivity contribution in [2.45, 2.75) is 6.92 Å². The van der Waals surface area contributed by atoms with E-state index < -0.39 is 0 Å². The summed E-state index contributed by atoms with van der Waals surface area (Å²) < 4.78 is 0. The molecule has 0 amide bonds. The van der Waals surface area contributed by atoms with E-state index in [2.05, 4.69) is 13.2 Å². The van der Waals surface area contributed by atoms with Gasteiger partial charge in [0, 0.05) is 0 Å². The Kier molecular flexibility index (Phi) is 12.9. The van der Waals surface area contributed by atoms with Crippen molar-refractivity contribution in [2.75, 3.05) is 5.88 Å². The summed E-state index contributed by atoms with van der Waals surface area (Å²) in [7, 11) is 0. The summed E-state index contributed by atoms with van der Waals surface area (Å²) in [5, 5.41) is 0. The van der Waals surface area contributed by atoms with Crippen LogP contribution in [0.1, 0.15) is 6.92 Å². The van der Waals surface area contributed by atoms with Crippen LogP contribution in [0.4, 0.5) is 0 Å². The summed E-state index contributed by atoms with van der Waals surface area (Å²) >= 11 is 4.99. The summed E-state index contributed by atoms with van der Waals surface area (Å²) in [6.07, 6.45) is 0. The predicted molar refractivity (Wildman–Crippen MR) is 32.7 cm³/mol. The maximum atomic E-state index is 9.68. The zero-order valence-electron chi connectivity index (χ0n) is 4.41. The van der Waals surface area contributed by atoms with Crippen LogP contribution in [0, 0.1) is 0 Å². The molecule has 0 aromatic carbocycles. The van der Waals surface area contributed by atoms with Gasteiger partial charge in [-0.15, -0.1) is 24.8 Å². The van der Waals surface area contributed by atoms with Crippen molar-refractivity contribution >= 4 is 17.4 Å². The molecule has 0 radical (unpaired) electrons. The van der Waals surface area contributed by atoms with E-state index in [4.69, 9.17) is 11.6 Å². The second-order valence-corrected chi connectivity index (χ2v) is 1.10. The van der Waals surface area contributed by atoms with Crippen molar-refractivity contribution in [1.82, 2.24) is 0 Å². The summed E-state index contributed by atoms with van der Waals surface area (Å²) in [6, 6.07) is 0. The summed E-state index contributed by atoms with van der Waals surface area (Å²) in [4.78, 5) is 9.68. The number of halogens is 1. The third kappa shape index (κ3) is 27.0. The van der Waals surface area contributed by atoms with E-state index >= 15 is 0 Å². The van der Waals surface area contributed by atoms with Crippen molar-refractivity contribution in [3.05, 3.63) is 13.2 Å². The van der Waals surface area contributed by atoms with Crippen LogP contribution in [-0.2, 0) is 4.79 Å². The molecule has 0 aliphatic rings. The van der Waals surface area contributed by atoms with E-state index in [0.717, 1.165) is 0 Å². The zero-order valence-corrected chi connectivity index (χ0v) is 5.16. The highest BCUT2D eigenvalue weighted by molar-refractivity contribution is 6.27. The Labute approximate surface area is 49.0 Å². The average Bonchev–Trinajstić information content (AvgIpc) is 1.73. The Bertz CT molecular complexity index is 52.0. The fourth-order valence-corrected chi connectivity index (χ4v) is 0. The number of hydrogen-bond acceptors (Lipinski definition) is 1. The molecule has 0 fully saturated rings. The molecule has 42 valence electrons. The van der Waals surface area contributed by atoms with Gasteiger partial charge in [-0.05, 0) is 6.92 Å². The summed E-state index contributed by atoms with van der Waals surface area (Å²) in [5.74, 6) is 0.159. The van der Waals surface area contributed by atoms with Gasteiger partial charge in [-0.2, -0.15) is 0 Å². The van der Waals surface area contributed by atoms with Crippen molar-refractivity contribution < 1.29 is 4.79 Å². The van der Waals surface area contributed by atoms with Crippen molar-refractivity contribution in [1.29, 1.82) is 0 Å². The van der Waals surface area contributed by atoms with Gasteiger partial charge in [0.05, 0.1) is 5.88 Å². The second kappa shape index (κ2) is 9.20. The molecule has 0 aliphatic carbocycles. The van der Waals surface area contributed by atoms with Crippen molar-refractivity contribution in [3.8, 4) is 0 Å². The lowest BCUT2D eigenvalue weighted by atomic mass is 10.5. The minimum Gasteiger partial charge on any atom is -0.299 e. The van der Waals surface area contributed by atoms with Gasteiger partial charge in [-0.3, -0.25) is 4.79 Å². The van der Waals surface area contributed by atoms with Crippen LogP contribution in [0.3, 0.4) is 0 Å². The van der Waals surface area contributed by atoms with Crippen LogP contribution in [0.2, 0.25) is 0 Å². The quantitative estimate of drug-likeness (QED) is 0.380. The lowest BCUT2D eigenvalue weighted by molar-refractivity contribution is -0.114. The minimum absolute atomic E-state index is 0.0201. The molecule has 2 heteroatoms. The van der Waals surface area contributed by atoms with Gasteiger partial charge in [0.15, 0.2) is 0 Å². The molecule has 7 heavy (non-hydrogen) atoms. The highest BCUT2D eigenvalue weighted by Crippen LogP contribution is 1.71. The Balaban J connectivity index is 0. The normalized spacial score (nSPS) is 6.00. The Hall–Kier alpha value is -0.300. The number of carbonyl (C=O) groups excluding carboxylic acids is 1. The third-order valence-electron chi connectivity index (χ3n) is 0.188. The number of Topliss-reactive ketones (excluding diaryl/α,β-unsaturated/α-hetero) is 1. The highest BCUT2D eigenvalue weighted by atomic mass is 35.5. The minimum atomic E-state index is 0.0201. The molecular weight excluding hydrogens is 112 g/mol. The molecule has 0 aromatic rings. The van der Waals surface area contributed by atoms with Crippen LogP contribution in [0.15, 0.2) is 13.2 Å². The molecule has 0 atom stereocenters. The molecule has 0 spiro atoms. The first-order valence-electron chi connectivity index (χ1n) is 1.82. The van der Waals surface area contributed by atoms with Crippen LogP contribution in [-0.4, -0.2) is 11.7 Å². The predicted octanol–water partition coefficient (Wildman–Crippen LogP) is 1.62. The second-order valence-electron chi connectivity index (χ2n) is 0.836. The van der Waals surface area contributed by atoms with E-state index in [1.165, 1.54) is 6.92 Å². The largest absolute Gasteiger partial charge is 0.299 e. The first-order chi connectivity index (χ1) is 3.27. The van der Waals surface area contributed by atoms with Crippen LogP contribution >= 0.6 is 11.6 Å². The fraction of sp³-hybridized carbons (Fsp3) is 0.400. The lowest BCUT2D eigenvalue weighted by Gasteiger charge is -1.69. The van der Waals surface area contributed by atoms with Gasteiger partial charge in [0.1, 0.15) is 5.78 Å². The molecule has 0 saturated heterocycles. The molecule has 0 heterocycles. The summed E-state index contributed by atoms with van der Waals surface area (Å²) in [6.45, 7) is 7.45. The van der Waals surface area contributed by atoms with Gasteiger partial charge in [-0.1, -0.05) is 0 Å². The standard InChI is InChI=1S/C3H5ClO.C2H4/c1-3(5)2-4;1-2/h2H2,1H3;1-2H2. The number of alkyl halides is 1. The number of ketones is 1. The molecular formula is C5H9ClO. The van der Waals surface area contributed by atoms with Gasteiger partial charge >= 0.3 is 0 Å².